The molecule has 0 saturated heterocycles. The van der Waals surface area contributed by atoms with Crippen LogP contribution in [0.25, 0.3) is 0 Å². The van der Waals surface area contributed by atoms with Gasteiger partial charge >= 0.3 is 0 Å². The minimum absolute atomic E-state index is 0.522. The van der Waals surface area contributed by atoms with Gasteiger partial charge in [-0.1, -0.05) is 13.8 Å². The van der Waals surface area contributed by atoms with Crippen LogP contribution in [0, 0.1) is 5.92 Å². The van der Waals surface area contributed by atoms with Crippen molar-refractivity contribution in [3.63, 3.8) is 0 Å². The molecule has 0 spiro atoms. The first kappa shape index (κ1) is 15.2. The second kappa shape index (κ2) is 8.26. The third-order valence-corrected chi connectivity index (χ3v) is 2.82. The largest absolute Gasteiger partial charge is 0.480 e. The lowest BCUT2D eigenvalue weighted by atomic mass is 10.1. The molecule has 0 radical (unpaired) electrons. The van der Waals surface area contributed by atoms with Crippen molar-refractivity contribution in [3.05, 3.63) is 10.7 Å². The highest BCUT2D eigenvalue weighted by Gasteiger charge is 2.04. The summed E-state index contributed by atoms with van der Waals surface area (Å²) in [5, 5.41) is 3.09. The molecule has 1 aromatic rings. The Labute approximate surface area is 116 Å². The van der Waals surface area contributed by atoms with Gasteiger partial charge in [0.15, 0.2) is 0 Å². The third-order valence-electron chi connectivity index (χ3n) is 2.27. The maximum atomic E-state index is 5.49. The van der Waals surface area contributed by atoms with E-state index >= 15 is 0 Å². The van der Waals surface area contributed by atoms with Crippen molar-refractivity contribution in [2.75, 3.05) is 32.2 Å². The summed E-state index contributed by atoms with van der Waals surface area (Å²) in [5.41, 5.74) is 0. The van der Waals surface area contributed by atoms with Crippen molar-refractivity contribution >= 4 is 21.9 Å². The highest BCUT2D eigenvalue weighted by atomic mass is 79.9. The van der Waals surface area contributed by atoms with E-state index < -0.39 is 0 Å². The zero-order valence-electron chi connectivity index (χ0n) is 11.1. The molecule has 18 heavy (non-hydrogen) atoms. The average molecular weight is 318 g/mol. The van der Waals surface area contributed by atoms with Crippen molar-refractivity contribution in [2.24, 2.45) is 5.92 Å². The molecule has 0 bridgehead atoms. The molecule has 6 heteroatoms. The zero-order valence-corrected chi connectivity index (χ0v) is 12.7. The van der Waals surface area contributed by atoms with Crippen LogP contribution in [0.4, 0.5) is 5.95 Å². The van der Waals surface area contributed by atoms with Gasteiger partial charge in [-0.25, -0.2) is 4.98 Å². The predicted octanol–water partition coefficient (Wildman–Crippen LogP) is 2.72. The van der Waals surface area contributed by atoms with Gasteiger partial charge in [-0.15, -0.1) is 0 Å². The molecule has 102 valence electrons. The van der Waals surface area contributed by atoms with Gasteiger partial charge in [0.2, 0.25) is 11.8 Å². The number of ether oxygens (including phenoxy) is 2. The summed E-state index contributed by atoms with van der Waals surface area (Å²) >= 11 is 3.30. The number of hydrogen-bond acceptors (Lipinski definition) is 5. The number of methoxy groups -OCH3 is 1. The fourth-order valence-corrected chi connectivity index (χ4v) is 1.59. The zero-order chi connectivity index (χ0) is 13.4. The van der Waals surface area contributed by atoms with E-state index in [1.54, 1.807) is 13.3 Å². The Kier molecular flexibility index (Phi) is 6.97. The number of hydrogen-bond donors (Lipinski definition) is 1. The second-order valence-corrected chi connectivity index (χ2v) is 5.13. The number of aromatic nitrogens is 2. The molecule has 0 aromatic carbocycles. The van der Waals surface area contributed by atoms with Crippen LogP contribution >= 0.6 is 15.9 Å². The summed E-state index contributed by atoms with van der Waals surface area (Å²) in [7, 11) is 1.58. The standard InChI is InChI=1S/C12H20BrN3O2/c1-9(2)4-6-18-7-5-14-12-15-8-10(13)11(16-12)17-3/h8-9H,4-7H2,1-3H3,(H,14,15,16). The molecule has 1 heterocycles. The van der Waals surface area contributed by atoms with Crippen LogP contribution in [0.5, 0.6) is 5.88 Å². The molecule has 0 atom stereocenters. The Bertz CT molecular complexity index is 361. The molecule has 5 nitrogen and oxygen atoms in total. The van der Waals surface area contributed by atoms with Crippen LogP contribution in [0.3, 0.4) is 0 Å². The SMILES string of the molecule is COc1nc(NCCOCCC(C)C)ncc1Br. The van der Waals surface area contributed by atoms with E-state index in [9.17, 15) is 0 Å². The first-order valence-corrected chi connectivity index (χ1v) is 6.81. The van der Waals surface area contributed by atoms with Crippen LogP contribution in [-0.2, 0) is 4.74 Å². The molecule has 1 N–H and O–H groups in total. The Morgan fingerprint density at radius 1 is 1.39 bits per heavy atom. The average Bonchev–Trinajstić information content (AvgIpc) is 2.35. The molecule has 0 aliphatic rings. The normalized spacial score (nSPS) is 10.7. The molecule has 0 aliphatic heterocycles. The lowest BCUT2D eigenvalue weighted by molar-refractivity contribution is 0.132. The van der Waals surface area contributed by atoms with Crippen LogP contribution < -0.4 is 10.1 Å². The maximum absolute atomic E-state index is 5.49. The highest BCUT2D eigenvalue weighted by molar-refractivity contribution is 9.10. The van der Waals surface area contributed by atoms with Gasteiger partial charge in [-0.05, 0) is 28.3 Å². The van der Waals surface area contributed by atoms with Crippen molar-refractivity contribution in [3.8, 4) is 5.88 Å². The Morgan fingerprint density at radius 2 is 2.17 bits per heavy atom. The fourth-order valence-electron chi connectivity index (χ4n) is 1.24. The predicted molar refractivity (Wildman–Crippen MR) is 75.0 cm³/mol. The van der Waals surface area contributed by atoms with Crippen LogP contribution in [-0.4, -0.2) is 36.8 Å². The van der Waals surface area contributed by atoms with Gasteiger partial charge in [0, 0.05) is 13.2 Å². The van der Waals surface area contributed by atoms with E-state index in [1.165, 1.54) is 0 Å². The Balaban J connectivity index is 2.23. The quantitative estimate of drug-likeness (QED) is 0.747. The van der Waals surface area contributed by atoms with Crippen LogP contribution in [0.2, 0.25) is 0 Å². The third kappa shape index (κ3) is 5.64. The van der Waals surface area contributed by atoms with Gasteiger partial charge in [0.25, 0.3) is 0 Å². The summed E-state index contributed by atoms with van der Waals surface area (Å²) in [6, 6.07) is 0. The topological polar surface area (TPSA) is 56.3 Å². The number of rotatable bonds is 8. The first-order valence-electron chi connectivity index (χ1n) is 6.01. The second-order valence-electron chi connectivity index (χ2n) is 4.27. The minimum atomic E-state index is 0.522. The number of nitrogens with one attached hydrogen (secondary N) is 1. The molecule has 0 fully saturated rings. The smallest absolute Gasteiger partial charge is 0.232 e. The number of halogens is 1. The molecule has 0 unspecified atom stereocenters. The number of anilines is 1. The van der Waals surface area contributed by atoms with E-state index in [-0.39, 0.29) is 0 Å². The van der Waals surface area contributed by atoms with E-state index in [1.807, 2.05) is 0 Å². The first-order chi connectivity index (χ1) is 8.63. The van der Waals surface area contributed by atoms with E-state index in [0.717, 1.165) is 17.5 Å². The Morgan fingerprint density at radius 3 is 2.83 bits per heavy atom. The van der Waals surface area contributed by atoms with Crippen molar-refractivity contribution in [2.45, 2.75) is 20.3 Å². The highest BCUT2D eigenvalue weighted by Crippen LogP contribution is 2.21. The molecule has 1 aromatic heterocycles. The van der Waals surface area contributed by atoms with Crippen molar-refractivity contribution in [1.29, 1.82) is 0 Å². The van der Waals surface area contributed by atoms with E-state index in [2.05, 4.69) is 45.1 Å². The van der Waals surface area contributed by atoms with Crippen molar-refractivity contribution < 1.29 is 9.47 Å². The maximum Gasteiger partial charge on any atom is 0.232 e. The molecular formula is C12H20BrN3O2. The molecule has 0 saturated carbocycles. The molecule has 0 amide bonds. The van der Waals surface area contributed by atoms with Gasteiger partial charge in [-0.2, -0.15) is 4.98 Å². The lowest BCUT2D eigenvalue weighted by Crippen LogP contribution is -2.12. The molecule has 1 rings (SSSR count). The number of nitrogens with zero attached hydrogens (tertiary/aromatic N) is 2. The minimum Gasteiger partial charge on any atom is -0.480 e. The monoisotopic (exact) mass is 317 g/mol. The lowest BCUT2D eigenvalue weighted by Gasteiger charge is -2.08. The van der Waals surface area contributed by atoms with Crippen LogP contribution in [0.1, 0.15) is 20.3 Å². The Hall–Kier alpha value is -0.880. The van der Waals surface area contributed by atoms with Gasteiger partial charge < -0.3 is 14.8 Å². The summed E-state index contributed by atoms with van der Waals surface area (Å²) in [6.07, 6.45) is 2.75. The van der Waals surface area contributed by atoms with E-state index in [0.29, 0.717) is 30.9 Å². The summed E-state index contributed by atoms with van der Waals surface area (Å²) < 4.78 is 11.3. The fraction of sp³-hybridized carbons (Fsp3) is 0.667. The molecule has 0 aliphatic carbocycles. The summed E-state index contributed by atoms with van der Waals surface area (Å²) in [6.45, 7) is 6.49. The summed E-state index contributed by atoms with van der Waals surface area (Å²) in [5.74, 6) is 1.74. The summed E-state index contributed by atoms with van der Waals surface area (Å²) in [4.78, 5) is 8.32. The van der Waals surface area contributed by atoms with Gasteiger partial charge in [0.05, 0.1) is 24.4 Å². The van der Waals surface area contributed by atoms with Gasteiger partial charge in [0.1, 0.15) is 0 Å². The van der Waals surface area contributed by atoms with Gasteiger partial charge in [-0.3, -0.25) is 0 Å². The molecular weight excluding hydrogens is 298 g/mol. The van der Waals surface area contributed by atoms with E-state index in [4.69, 9.17) is 9.47 Å². The van der Waals surface area contributed by atoms with Crippen molar-refractivity contribution in [1.82, 2.24) is 9.97 Å². The van der Waals surface area contributed by atoms with Crippen LogP contribution in [0.15, 0.2) is 10.7 Å².